The minimum Gasteiger partial charge on any atom is -0.508 e. The summed E-state index contributed by atoms with van der Waals surface area (Å²) in [4.78, 5) is 80.0. The van der Waals surface area contributed by atoms with Crippen molar-refractivity contribution in [3.63, 3.8) is 0 Å². The molecule has 64 heavy (non-hydrogen) atoms. The largest absolute Gasteiger partial charge is 0.508 e. The number of nitrogens with zero attached hydrogens (tertiary/aromatic N) is 2. The van der Waals surface area contributed by atoms with Crippen molar-refractivity contribution in [1.82, 2.24) is 9.80 Å². The highest BCUT2D eigenvalue weighted by Gasteiger charge is 2.68. The van der Waals surface area contributed by atoms with Crippen molar-refractivity contribution in [3.05, 3.63) is 92.5 Å². The second-order valence-corrected chi connectivity index (χ2v) is 17.9. The minimum atomic E-state index is -2.75. The molecule has 340 valence electrons. The van der Waals surface area contributed by atoms with Crippen molar-refractivity contribution in [3.8, 4) is 11.5 Å². The van der Waals surface area contributed by atoms with Crippen LogP contribution < -0.4 is 11.5 Å². The van der Waals surface area contributed by atoms with Crippen LogP contribution in [0.5, 0.6) is 11.5 Å². The summed E-state index contributed by atoms with van der Waals surface area (Å²) >= 11 is 0. The van der Waals surface area contributed by atoms with Crippen LogP contribution in [0, 0.1) is 23.7 Å². The Labute approximate surface area is 363 Å². The van der Waals surface area contributed by atoms with Gasteiger partial charge in [0.05, 0.1) is 34.4 Å². The molecule has 20 heteroatoms. The van der Waals surface area contributed by atoms with E-state index in [4.69, 9.17) is 11.5 Å². The summed E-state index contributed by atoms with van der Waals surface area (Å²) < 4.78 is 0. The molecular weight excluding hydrogens is 840 g/mol. The van der Waals surface area contributed by atoms with E-state index in [1.54, 1.807) is 0 Å². The molecule has 0 aromatic heterocycles. The van der Waals surface area contributed by atoms with E-state index in [9.17, 15) is 79.8 Å². The molecule has 0 saturated heterocycles. The van der Waals surface area contributed by atoms with Crippen molar-refractivity contribution in [2.24, 2.45) is 35.1 Å². The van der Waals surface area contributed by atoms with Gasteiger partial charge in [0.15, 0.2) is 22.8 Å². The highest BCUT2D eigenvalue weighted by atomic mass is 16.4. The first kappa shape index (κ1) is 45.6. The highest BCUT2D eigenvalue weighted by molar-refractivity contribution is 6.25. The molecular formula is C44H48N4O16. The summed E-state index contributed by atoms with van der Waals surface area (Å²) in [5, 5.41) is 110. The number of likely N-dealkylation sites (N-methyl/N-ethyl adjacent to an activating group) is 2. The zero-order valence-electron chi connectivity index (χ0n) is 35.3. The third-order valence-electron chi connectivity index (χ3n) is 14.0. The van der Waals surface area contributed by atoms with Crippen molar-refractivity contribution in [2.75, 3.05) is 28.2 Å². The van der Waals surface area contributed by atoms with E-state index in [1.807, 2.05) is 0 Å². The summed E-state index contributed by atoms with van der Waals surface area (Å²) in [6.07, 6.45) is -0.400. The van der Waals surface area contributed by atoms with Crippen molar-refractivity contribution in [1.29, 1.82) is 0 Å². The molecule has 0 bridgehead atoms. The first-order valence-electron chi connectivity index (χ1n) is 19.9. The number of carbonyl (C=O) groups is 6. The average Bonchev–Trinajstić information content (AvgIpc) is 3.18. The van der Waals surface area contributed by atoms with Gasteiger partial charge in [0.2, 0.25) is 11.6 Å². The van der Waals surface area contributed by atoms with Gasteiger partial charge >= 0.3 is 0 Å². The Bertz CT molecular complexity index is 2480. The number of hydrogen-bond donors (Lipinski definition) is 12. The Morgan fingerprint density at radius 2 is 0.891 bits per heavy atom. The molecule has 2 aromatic rings. The van der Waals surface area contributed by atoms with Crippen LogP contribution in [0.25, 0.3) is 11.5 Å². The number of nitrogens with two attached hydrogens (primary N) is 2. The fourth-order valence-corrected chi connectivity index (χ4v) is 11.0. The van der Waals surface area contributed by atoms with Crippen LogP contribution >= 0.6 is 0 Å². The van der Waals surface area contributed by atoms with Crippen LogP contribution in [-0.2, 0) is 40.0 Å². The average molecular weight is 889 g/mol. The maximum Gasteiger partial charge on any atom is 0.255 e. The number of rotatable bonds is 4. The summed E-state index contributed by atoms with van der Waals surface area (Å²) in [5.41, 5.74) is -1.10. The maximum atomic E-state index is 13.7. The SMILES string of the molecule is CN(C)[C@@H]1C(=O)C(C(N)=O)=C(O)[C@@]2(O)C(=O)C3=C(O)c4c(O)cccc4[C@@](C)(O)[C@H]3C[C@@H]12.CN(C)[C@@H]1C(=O)C(C(N)=O)=C(O)[C@@]2(O)C(=O)C3=C(O)c4c(O)cccc4[C@@](C)(O)[C@H]3C[C@@H]12. The number of primary amides is 2. The molecule has 2 aromatic carbocycles. The second-order valence-electron chi connectivity index (χ2n) is 17.9. The van der Waals surface area contributed by atoms with E-state index < -0.39 is 150 Å². The minimum absolute atomic E-state index is 0.170. The molecule has 2 saturated carbocycles. The lowest BCUT2D eigenvalue weighted by atomic mass is 9.54. The Morgan fingerprint density at radius 1 is 0.578 bits per heavy atom. The molecule has 0 radical (unpaired) electrons. The topological polar surface area (TPSA) is 363 Å². The predicted octanol–water partition coefficient (Wildman–Crippen LogP) is -0.742. The molecule has 6 aliphatic carbocycles. The van der Waals surface area contributed by atoms with Gasteiger partial charge in [-0.3, -0.25) is 38.6 Å². The van der Waals surface area contributed by atoms with Gasteiger partial charge in [0, 0.05) is 34.8 Å². The number of phenols is 2. The number of aliphatic hydroxyl groups is 8. The number of aromatic hydroxyl groups is 2. The quantitative estimate of drug-likeness (QED) is 0.168. The second kappa shape index (κ2) is 14.6. The van der Waals surface area contributed by atoms with Gasteiger partial charge in [-0.1, -0.05) is 24.3 Å². The number of ketones is 4. The molecule has 2 amide bonds. The number of benzene rings is 2. The summed E-state index contributed by atoms with van der Waals surface area (Å²) in [6, 6.07) is 6.03. The number of hydrogen-bond acceptors (Lipinski definition) is 18. The number of phenolic OH excluding ortho intramolecular Hbond substituents is 2. The van der Waals surface area contributed by atoms with Gasteiger partial charge in [-0.15, -0.1) is 0 Å². The maximum absolute atomic E-state index is 13.7. The predicted molar refractivity (Wildman–Crippen MR) is 220 cm³/mol. The zero-order chi connectivity index (χ0) is 47.8. The first-order chi connectivity index (χ1) is 29.5. The van der Waals surface area contributed by atoms with E-state index in [0.29, 0.717) is 0 Å². The Hall–Kier alpha value is -6.42. The normalized spacial score (nSPS) is 34.4. The van der Waals surface area contributed by atoms with Crippen LogP contribution in [0.15, 0.2) is 70.2 Å². The fraction of sp³-hybridized carbons (Fsp3) is 0.409. The van der Waals surface area contributed by atoms with Gasteiger partial charge in [-0.05, 0) is 78.1 Å². The van der Waals surface area contributed by atoms with Crippen LogP contribution in [0.4, 0.5) is 0 Å². The lowest BCUT2D eigenvalue weighted by Gasteiger charge is -2.53. The molecule has 6 aliphatic rings. The molecule has 10 atom stereocenters. The van der Waals surface area contributed by atoms with E-state index in [2.05, 4.69) is 0 Å². The van der Waals surface area contributed by atoms with Gasteiger partial charge in [0.1, 0.15) is 45.7 Å². The van der Waals surface area contributed by atoms with Gasteiger partial charge in [0.25, 0.3) is 11.8 Å². The monoisotopic (exact) mass is 888 g/mol. The lowest BCUT2D eigenvalue weighted by molar-refractivity contribution is -0.160. The Balaban J connectivity index is 0.000000191. The van der Waals surface area contributed by atoms with Crippen LogP contribution in [0.2, 0.25) is 0 Å². The summed E-state index contributed by atoms with van der Waals surface area (Å²) in [6.45, 7) is 2.81. The number of fused-ring (bicyclic) bond motifs is 6. The lowest BCUT2D eigenvalue weighted by Crippen LogP contribution is -2.67. The number of carbonyl (C=O) groups excluding carboxylic acids is 6. The Morgan fingerprint density at radius 3 is 1.17 bits per heavy atom. The standard InChI is InChI=1S/2C22H24N2O8/c2*1-21(31)8-5-4-6-11(25)12(8)16(26)13-9(21)7-10-15(24(2)3)17(27)14(20(23)30)19(29)22(10,32)18(13)28/h2*4-6,9-10,15,25-26,29,31-32H,7H2,1-3H3,(H2,23,30)/t2*9-,10-,15-,21+,22-/m00/s1. The molecule has 20 nitrogen and oxygen atoms in total. The van der Waals surface area contributed by atoms with Crippen molar-refractivity contribution in [2.45, 2.75) is 61.2 Å². The highest BCUT2D eigenvalue weighted by Crippen LogP contribution is 2.59. The number of Topliss-reactive ketones (excluding diaryl/α,β-unsaturated/α-hetero) is 4. The molecule has 0 aliphatic heterocycles. The molecule has 0 heterocycles. The number of amides is 2. The molecule has 2 fully saturated rings. The molecule has 0 spiro atoms. The van der Waals surface area contributed by atoms with E-state index in [0.717, 1.165) is 0 Å². The number of aliphatic hydroxyl groups excluding tert-OH is 4. The van der Waals surface area contributed by atoms with E-state index in [1.165, 1.54) is 88.2 Å². The summed E-state index contributed by atoms with van der Waals surface area (Å²) in [5.74, 6) is -15.8. The van der Waals surface area contributed by atoms with E-state index in [-0.39, 0.29) is 35.1 Å². The van der Waals surface area contributed by atoms with Gasteiger partial charge in [-0.2, -0.15) is 0 Å². The van der Waals surface area contributed by atoms with Crippen LogP contribution in [0.3, 0.4) is 0 Å². The molecule has 0 unspecified atom stereocenters. The van der Waals surface area contributed by atoms with Gasteiger partial charge in [-0.25, -0.2) is 0 Å². The van der Waals surface area contributed by atoms with Gasteiger partial charge < -0.3 is 62.5 Å². The first-order valence-corrected chi connectivity index (χ1v) is 19.9. The summed E-state index contributed by atoms with van der Waals surface area (Å²) in [7, 11) is 6.01. The molecule has 14 N–H and O–H groups in total. The van der Waals surface area contributed by atoms with Crippen molar-refractivity contribution < 1.29 is 79.8 Å². The third-order valence-corrected chi connectivity index (χ3v) is 14.0. The van der Waals surface area contributed by atoms with Crippen LogP contribution in [-0.4, -0.2) is 147 Å². The van der Waals surface area contributed by atoms with Crippen LogP contribution in [0.1, 0.15) is 48.9 Å². The van der Waals surface area contributed by atoms with Crippen molar-refractivity contribution >= 4 is 46.5 Å². The smallest absolute Gasteiger partial charge is 0.255 e. The zero-order valence-corrected chi connectivity index (χ0v) is 35.3. The van der Waals surface area contributed by atoms with E-state index >= 15 is 0 Å². The Kier molecular flexibility index (Phi) is 10.4. The molecule has 8 rings (SSSR count). The third kappa shape index (κ3) is 5.76. The fourth-order valence-electron chi connectivity index (χ4n) is 11.0.